The van der Waals surface area contributed by atoms with E-state index in [1.165, 1.54) is 16.5 Å². The van der Waals surface area contributed by atoms with Crippen molar-refractivity contribution in [2.24, 2.45) is 0 Å². The van der Waals surface area contributed by atoms with Crippen LogP contribution in [0.5, 0.6) is 0 Å². The lowest BCUT2D eigenvalue weighted by atomic mass is 9.86. The van der Waals surface area contributed by atoms with Gasteiger partial charge in [0.15, 0.2) is 5.58 Å². The van der Waals surface area contributed by atoms with Crippen molar-refractivity contribution >= 4 is 82.5 Å². The van der Waals surface area contributed by atoms with Gasteiger partial charge in [-0.15, -0.1) is 0 Å². The Hall–Kier alpha value is -5.54. The van der Waals surface area contributed by atoms with Gasteiger partial charge in [-0.2, -0.15) is 0 Å². The molecule has 0 saturated heterocycles. The molecule has 0 fully saturated rings. The maximum Gasteiger partial charge on any atom is 0.159 e. The first-order chi connectivity index (χ1) is 22.4. The van der Waals surface area contributed by atoms with Crippen LogP contribution in [0.25, 0.3) is 65.4 Å². The number of hydrogen-bond acceptors (Lipinski definition) is 3. The molecule has 0 amide bonds. The molecule has 7 aromatic carbocycles. The summed E-state index contributed by atoms with van der Waals surface area (Å²) in [5.74, 6) is 0. The third-order valence-corrected chi connectivity index (χ3v) is 9.40. The van der Waals surface area contributed by atoms with Gasteiger partial charge in [0.1, 0.15) is 16.7 Å². The Kier molecular flexibility index (Phi) is 5.67. The molecule has 0 aliphatic rings. The van der Waals surface area contributed by atoms with Crippen LogP contribution in [0.3, 0.4) is 0 Å². The summed E-state index contributed by atoms with van der Waals surface area (Å²) in [4.78, 5) is 2.35. The van der Waals surface area contributed by atoms with Gasteiger partial charge in [0.05, 0.1) is 11.4 Å². The number of benzene rings is 7. The molecular weight excluding hydrogens is 562 g/mol. The molecule has 3 nitrogen and oxygen atoms in total. The summed E-state index contributed by atoms with van der Waals surface area (Å²) < 4.78 is 13.7. The Morgan fingerprint density at radius 2 is 1.20 bits per heavy atom. The average molecular weight is 596 g/mol. The van der Waals surface area contributed by atoms with E-state index in [2.05, 4.69) is 160 Å². The Morgan fingerprint density at radius 1 is 0.500 bits per heavy atom. The topological polar surface area (TPSA) is 29.5 Å². The lowest BCUT2D eigenvalue weighted by Gasteiger charge is -2.27. The highest BCUT2D eigenvalue weighted by Gasteiger charge is 2.26. The molecule has 0 saturated carbocycles. The number of fused-ring (bicyclic) bond motifs is 10. The summed E-state index contributed by atoms with van der Waals surface area (Å²) in [6, 6.07) is 45.5. The fourth-order valence-electron chi connectivity index (χ4n) is 7.28. The van der Waals surface area contributed by atoms with E-state index in [4.69, 9.17) is 8.83 Å². The van der Waals surface area contributed by atoms with Crippen molar-refractivity contribution in [2.45, 2.75) is 33.1 Å². The molecule has 9 rings (SSSR count). The zero-order valence-corrected chi connectivity index (χ0v) is 26.4. The largest absolute Gasteiger partial charge is 0.455 e. The van der Waals surface area contributed by atoms with E-state index in [0.29, 0.717) is 0 Å². The van der Waals surface area contributed by atoms with Gasteiger partial charge in [-0.1, -0.05) is 118 Å². The summed E-state index contributed by atoms with van der Waals surface area (Å²) in [7, 11) is 0. The summed E-state index contributed by atoms with van der Waals surface area (Å²) in [5, 5.41) is 9.12. The molecule has 0 aliphatic carbocycles. The molecule has 0 unspecified atom stereocenters. The van der Waals surface area contributed by atoms with Crippen LogP contribution in [-0.2, 0) is 5.41 Å². The first kappa shape index (κ1) is 26.8. The second-order valence-electron chi connectivity index (χ2n) is 13.4. The van der Waals surface area contributed by atoms with E-state index in [1.807, 2.05) is 0 Å². The van der Waals surface area contributed by atoms with Crippen LogP contribution in [0.15, 0.2) is 136 Å². The molecule has 0 atom stereocenters. The van der Waals surface area contributed by atoms with Crippen molar-refractivity contribution in [3.63, 3.8) is 0 Å². The van der Waals surface area contributed by atoms with Gasteiger partial charge in [-0.05, 0) is 52.9 Å². The zero-order chi connectivity index (χ0) is 31.2. The molecule has 0 spiro atoms. The summed E-state index contributed by atoms with van der Waals surface area (Å²) >= 11 is 0. The van der Waals surface area contributed by atoms with Gasteiger partial charge >= 0.3 is 0 Å². The molecule has 0 N–H and O–H groups in total. The smallest absolute Gasteiger partial charge is 0.159 e. The number of aryl methyl sites for hydroxylation is 1. The minimum absolute atomic E-state index is 0.0590. The molecule has 3 heteroatoms. The molecule has 46 heavy (non-hydrogen) atoms. The fourth-order valence-corrected chi connectivity index (χ4v) is 7.28. The second kappa shape index (κ2) is 9.73. The minimum Gasteiger partial charge on any atom is -0.455 e. The highest BCUT2D eigenvalue weighted by Crippen LogP contribution is 2.48. The number of furan rings is 2. The van der Waals surface area contributed by atoms with Crippen LogP contribution >= 0.6 is 0 Å². The maximum atomic E-state index is 6.93. The van der Waals surface area contributed by atoms with E-state index in [1.54, 1.807) is 0 Å². The van der Waals surface area contributed by atoms with Gasteiger partial charge in [-0.3, -0.25) is 0 Å². The Bertz CT molecular complexity index is 2650. The monoisotopic (exact) mass is 595 g/mol. The first-order valence-electron chi connectivity index (χ1n) is 15.9. The maximum absolute atomic E-state index is 6.93. The van der Waals surface area contributed by atoms with Crippen molar-refractivity contribution in [3.05, 3.63) is 139 Å². The number of para-hydroxylation sites is 2. The third kappa shape index (κ3) is 3.91. The van der Waals surface area contributed by atoms with Crippen LogP contribution in [0.4, 0.5) is 17.1 Å². The molecule has 0 aliphatic heterocycles. The van der Waals surface area contributed by atoms with Crippen LogP contribution in [0.2, 0.25) is 0 Å². The van der Waals surface area contributed by atoms with Crippen LogP contribution < -0.4 is 4.90 Å². The van der Waals surface area contributed by atoms with E-state index in [0.717, 1.165) is 77.1 Å². The lowest BCUT2D eigenvalue weighted by molar-refractivity contribution is 0.573. The molecule has 0 radical (unpaired) electrons. The van der Waals surface area contributed by atoms with E-state index in [9.17, 15) is 0 Å². The van der Waals surface area contributed by atoms with Gasteiger partial charge in [0.2, 0.25) is 0 Å². The van der Waals surface area contributed by atoms with E-state index < -0.39 is 0 Å². The normalized spacial score (nSPS) is 12.3. The summed E-state index contributed by atoms with van der Waals surface area (Å²) in [5.41, 5.74) is 9.04. The van der Waals surface area contributed by atoms with Crippen LogP contribution in [0.1, 0.15) is 31.9 Å². The van der Waals surface area contributed by atoms with Gasteiger partial charge in [-0.25, -0.2) is 0 Å². The predicted molar refractivity (Wildman–Crippen MR) is 194 cm³/mol. The Morgan fingerprint density at radius 3 is 2.00 bits per heavy atom. The quantitative estimate of drug-likeness (QED) is 0.203. The standard InChI is InChI=1S/C43H33NO2/c1-26-12-9-14-28(24-26)44(36-21-11-19-33-32-18-10-20-35(43(2,3)4)41(32)46-42(33)36)37-25-38-39(31-17-8-7-16-30(31)37)34-23-22-27-13-5-6-15-29(27)40(34)45-38/h5-25H,1-4H3. The highest BCUT2D eigenvalue weighted by molar-refractivity contribution is 6.26. The molecule has 222 valence electrons. The van der Waals surface area contributed by atoms with Gasteiger partial charge < -0.3 is 13.7 Å². The molecule has 2 aromatic heterocycles. The molecule has 0 bridgehead atoms. The van der Waals surface area contributed by atoms with Crippen LogP contribution in [0, 0.1) is 6.92 Å². The van der Waals surface area contributed by atoms with Crippen molar-refractivity contribution in [1.29, 1.82) is 0 Å². The van der Waals surface area contributed by atoms with Crippen molar-refractivity contribution in [2.75, 3.05) is 4.90 Å². The Labute approximate surface area is 267 Å². The molecular formula is C43H33NO2. The number of anilines is 3. The second-order valence-corrected chi connectivity index (χ2v) is 13.4. The van der Waals surface area contributed by atoms with Gasteiger partial charge in [0.25, 0.3) is 0 Å². The van der Waals surface area contributed by atoms with Crippen molar-refractivity contribution < 1.29 is 8.83 Å². The van der Waals surface area contributed by atoms with E-state index in [-0.39, 0.29) is 5.41 Å². The number of hydrogen-bond donors (Lipinski definition) is 0. The average Bonchev–Trinajstić information content (AvgIpc) is 3.64. The number of nitrogens with zero attached hydrogens (tertiary/aromatic N) is 1. The molecule has 9 aromatic rings. The summed E-state index contributed by atoms with van der Waals surface area (Å²) in [6.07, 6.45) is 0. The van der Waals surface area contributed by atoms with Crippen molar-refractivity contribution in [1.82, 2.24) is 0 Å². The SMILES string of the molecule is Cc1cccc(N(c2cc3oc4c5ccccc5ccc4c3c3ccccc23)c2cccc3c2oc2c(C(C)(C)C)cccc23)c1. The zero-order valence-electron chi connectivity index (χ0n) is 26.4. The van der Waals surface area contributed by atoms with E-state index >= 15 is 0 Å². The summed E-state index contributed by atoms with van der Waals surface area (Å²) in [6.45, 7) is 8.87. The predicted octanol–water partition coefficient (Wildman–Crippen LogP) is 12.9. The first-order valence-corrected chi connectivity index (χ1v) is 15.9. The Balaban J connectivity index is 1.40. The number of rotatable bonds is 3. The highest BCUT2D eigenvalue weighted by atomic mass is 16.3. The van der Waals surface area contributed by atoms with Gasteiger partial charge in [0, 0.05) is 49.6 Å². The van der Waals surface area contributed by atoms with Crippen LogP contribution in [-0.4, -0.2) is 0 Å². The fraction of sp³-hybridized carbons (Fsp3) is 0.116. The minimum atomic E-state index is -0.0590. The van der Waals surface area contributed by atoms with Crippen molar-refractivity contribution in [3.8, 4) is 0 Å². The molecule has 2 heterocycles. The third-order valence-electron chi connectivity index (χ3n) is 9.40. The lowest BCUT2D eigenvalue weighted by Crippen LogP contribution is -2.11.